The number of hydrogen-bond acceptors (Lipinski definition) is 1. The first kappa shape index (κ1) is 10.2. The summed E-state index contributed by atoms with van der Waals surface area (Å²) < 4.78 is 0. The molecular weight excluding hydrogens is 158 g/mol. The zero-order chi connectivity index (χ0) is 10.1. The molecule has 1 heterocycles. The predicted molar refractivity (Wildman–Crippen MR) is 59.0 cm³/mol. The van der Waals surface area contributed by atoms with Gasteiger partial charge in [-0.25, -0.2) is 0 Å². The van der Waals surface area contributed by atoms with E-state index in [0.717, 1.165) is 0 Å². The van der Waals surface area contributed by atoms with Gasteiger partial charge in [0.1, 0.15) is 0 Å². The predicted octanol–water partition coefficient (Wildman–Crippen LogP) is 3.58. The summed E-state index contributed by atoms with van der Waals surface area (Å²) >= 11 is 0. The van der Waals surface area contributed by atoms with Gasteiger partial charge < -0.3 is 0 Å². The Kier molecular flexibility index (Phi) is 2.47. The van der Waals surface area contributed by atoms with Gasteiger partial charge in [0.25, 0.3) is 0 Å². The van der Waals surface area contributed by atoms with Crippen molar-refractivity contribution in [1.82, 2.24) is 0 Å². The maximum atomic E-state index is 4.24. The molecule has 0 spiro atoms. The molecule has 1 aliphatic heterocycles. The summed E-state index contributed by atoms with van der Waals surface area (Å²) in [4.78, 5) is 4.24. The minimum atomic E-state index is 0.124. The van der Waals surface area contributed by atoms with Crippen molar-refractivity contribution in [3.8, 4) is 0 Å². The average molecular weight is 177 g/mol. The lowest BCUT2D eigenvalue weighted by Crippen LogP contribution is -2.14. The summed E-state index contributed by atoms with van der Waals surface area (Å²) in [5.74, 6) is 0. The van der Waals surface area contributed by atoms with Crippen LogP contribution < -0.4 is 0 Å². The highest BCUT2D eigenvalue weighted by Crippen LogP contribution is 2.31. The SMILES string of the molecule is CC1(C)C=CN=CC(C(C)(C)C)=C1. The zero-order valence-electron chi connectivity index (χ0n) is 9.26. The maximum absolute atomic E-state index is 4.24. The lowest BCUT2D eigenvalue weighted by molar-refractivity contribution is 0.510. The van der Waals surface area contributed by atoms with Crippen LogP contribution in [0.1, 0.15) is 34.6 Å². The number of rotatable bonds is 0. The standard InChI is InChI=1S/C12H19N/c1-11(2,3)10-8-12(4,5)6-7-13-9-10/h6-9H,1-5H3. The van der Waals surface area contributed by atoms with Crippen LogP contribution in [0, 0.1) is 10.8 Å². The second kappa shape index (κ2) is 3.13. The van der Waals surface area contributed by atoms with Crippen LogP contribution >= 0.6 is 0 Å². The second-order valence-corrected chi connectivity index (χ2v) is 5.26. The molecule has 1 heteroatoms. The number of allylic oxidation sites excluding steroid dienone is 3. The molecule has 13 heavy (non-hydrogen) atoms. The minimum absolute atomic E-state index is 0.124. The third-order valence-corrected chi connectivity index (χ3v) is 2.20. The molecule has 0 aliphatic carbocycles. The van der Waals surface area contributed by atoms with Crippen LogP contribution in [0.4, 0.5) is 0 Å². The Morgan fingerprint density at radius 3 is 2.38 bits per heavy atom. The Balaban J connectivity index is 3.06. The molecule has 1 rings (SSSR count). The third-order valence-electron chi connectivity index (χ3n) is 2.20. The van der Waals surface area contributed by atoms with Gasteiger partial charge in [0.15, 0.2) is 0 Å². The summed E-state index contributed by atoms with van der Waals surface area (Å²) in [6.45, 7) is 11.0. The normalized spacial score (nSPS) is 21.2. The summed E-state index contributed by atoms with van der Waals surface area (Å²) in [6, 6.07) is 0. The summed E-state index contributed by atoms with van der Waals surface area (Å²) in [5, 5.41) is 0. The van der Waals surface area contributed by atoms with Gasteiger partial charge in [0, 0.05) is 17.8 Å². The van der Waals surface area contributed by atoms with Crippen molar-refractivity contribution in [2.24, 2.45) is 15.8 Å². The topological polar surface area (TPSA) is 12.4 Å². The average Bonchev–Trinajstić information content (AvgIpc) is 2.08. The maximum Gasteiger partial charge on any atom is 0.0302 e. The molecular formula is C12H19N. The van der Waals surface area contributed by atoms with E-state index in [2.05, 4.69) is 51.8 Å². The van der Waals surface area contributed by atoms with Gasteiger partial charge >= 0.3 is 0 Å². The fraction of sp³-hybridized carbons (Fsp3) is 0.583. The molecule has 0 amide bonds. The molecule has 0 saturated carbocycles. The highest BCUT2D eigenvalue weighted by atomic mass is 14.7. The Morgan fingerprint density at radius 2 is 1.85 bits per heavy atom. The van der Waals surface area contributed by atoms with E-state index >= 15 is 0 Å². The van der Waals surface area contributed by atoms with Crippen molar-refractivity contribution in [2.75, 3.05) is 0 Å². The van der Waals surface area contributed by atoms with Crippen molar-refractivity contribution in [1.29, 1.82) is 0 Å². The largest absolute Gasteiger partial charge is 0.265 e. The van der Waals surface area contributed by atoms with Gasteiger partial charge in [0.2, 0.25) is 0 Å². The lowest BCUT2D eigenvalue weighted by Gasteiger charge is -2.23. The number of aliphatic imine (C=N–C) groups is 1. The Morgan fingerprint density at radius 1 is 1.23 bits per heavy atom. The molecule has 0 aromatic rings. The molecule has 0 saturated heterocycles. The first-order valence-corrected chi connectivity index (χ1v) is 4.75. The van der Waals surface area contributed by atoms with E-state index in [-0.39, 0.29) is 10.8 Å². The molecule has 0 N–H and O–H groups in total. The molecule has 0 fully saturated rings. The van der Waals surface area contributed by atoms with Crippen LogP contribution in [0.5, 0.6) is 0 Å². The quantitative estimate of drug-likeness (QED) is 0.536. The van der Waals surface area contributed by atoms with Crippen LogP contribution in [-0.4, -0.2) is 6.21 Å². The molecule has 0 unspecified atom stereocenters. The van der Waals surface area contributed by atoms with E-state index < -0.39 is 0 Å². The molecule has 72 valence electrons. The second-order valence-electron chi connectivity index (χ2n) is 5.26. The van der Waals surface area contributed by atoms with E-state index in [0.29, 0.717) is 0 Å². The van der Waals surface area contributed by atoms with Crippen LogP contribution in [0.15, 0.2) is 28.9 Å². The van der Waals surface area contributed by atoms with E-state index in [9.17, 15) is 0 Å². The Hall–Kier alpha value is -0.850. The van der Waals surface area contributed by atoms with E-state index in [4.69, 9.17) is 0 Å². The fourth-order valence-electron chi connectivity index (χ4n) is 1.25. The van der Waals surface area contributed by atoms with Crippen LogP contribution in [0.25, 0.3) is 0 Å². The van der Waals surface area contributed by atoms with Crippen LogP contribution in [-0.2, 0) is 0 Å². The molecule has 0 radical (unpaired) electrons. The summed E-state index contributed by atoms with van der Waals surface area (Å²) in [7, 11) is 0. The molecule has 0 bridgehead atoms. The highest BCUT2D eigenvalue weighted by molar-refractivity contribution is 5.81. The molecule has 0 aromatic carbocycles. The van der Waals surface area contributed by atoms with Crippen molar-refractivity contribution >= 4 is 6.21 Å². The van der Waals surface area contributed by atoms with Crippen molar-refractivity contribution in [3.05, 3.63) is 23.9 Å². The number of hydrogen-bond donors (Lipinski definition) is 0. The monoisotopic (exact) mass is 177 g/mol. The van der Waals surface area contributed by atoms with Crippen molar-refractivity contribution < 1.29 is 0 Å². The fourth-order valence-corrected chi connectivity index (χ4v) is 1.25. The zero-order valence-corrected chi connectivity index (χ0v) is 9.26. The van der Waals surface area contributed by atoms with Gasteiger partial charge in [-0.05, 0) is 11.0 Å². The van der Waals surface area contributed by atoms with Crippen molar-refractivity contribution in [3.63, 3.8) is 0 Å². The molecule has 1 nitrogen and oxygen atoms in total. The van der Waals surface area contributed by atoms with E-state index in [1.165, 1.54) is 5.57 Å². The third kappa shape index (κ3) is 2.83. The lowest BCUT2D eigenvalue weighted by atomic mass is 9.81. The Bertz CT molecular complexity index is 272. The van der Waals surface area contributed by atoms with Crippen molar-refractivity contribution in [2.45, 2.75) is 34.6 Å². The van der Waals surface area contributed by atoms with Crippen LogP contribution in [0.2, 0.25) is 0 Å². The Labute approximate surface area is 81.3 Å². The molecule has 0 atom stereocenters. The van der Waals surface area contributed by atoms with Gasteiger partial charge in [-0.15, -0.1) is 0 Å². The van der Waals surface area contributed by atoms with Gasteiger partial charge in [0.05, 0.1) is 0 Å². The number of nitrogens with zero attached hydrogens (tertiary/aromatic N) is 1. The molecule has 0 aromatic heterocycles. The molecule has 1 aliphatic rings. The minimum Gasteiger partial charge on any atom is -0.265 e. The summed E-state index contributed by atoms with van der Waals surface area (Å²) in [6.07, 6.45) is 8.27. The summed E-state index contributed by atoms with van der Waals surface area (Å²) in [5.41, 5.74) is 1.62. The van der Waals surface area contributed by atoms with Gasteiger partial charge in [-0.1, -0.05) is 46.8 Å². The van der Waals surface area contributed by atoms with E-state index in [1.54, 1.807) is 0 Å². The van der Waals surface area contributed by atoms with E-state index in [1.807, 2.05) is 12.4 Å². The van der Waals surface area contributed by atoms with Crippen LogP contribution in [0.3, 0.4) is 0 Å². The van der Waals surface area contributed by atoms with Gasteiger partial charge in [-0.2, -0.15) is 0 Å². The highest BCUT2D eigenvalue weighted by Gasteiger charge is 2.20. The van der Waals surface area contributed by atoms with Gasteiger partial charge in [-0.3, -0.25) is 4.99 Å². The smallest absolute Gasteiger partial charge is 0.0302 e. The first-order valence-electron chi connectivity index (χ1n) is 4.75. The first-order chi connectivity index (χ1) is 5.81.